The third kappa shape index (κ3) is 3.67. The summed E-state index contributed by atoms with van der Waals surface area (Å²) in [6.07, 6.45) is 2.01. The minimum Gasteiger partial charge on any atom is -0.317 e. The number of rotatable bonds is 2. The Morgan fingerprint density at radius 2 is 1.78 bits per heavy atom. The molecule has 0 radical (unpaired) electrons. The van der Waals surface area contributed by atoms with E-state index in [1.165, 1.54) is 0 Å². The molecule has 1 unspecified atom stereocenters. The molecule has 0 saturated carbocycles. The van der Waals surface area contributed by atoms with Gasteiger partial charge in [0, 0.05) is 17.3 Å². The molecular weight excluding hydrogens is 308 g/mol. The van der Waals surface area contributed by atoms with Crippen molar-refractivity contribution in [1.29, 1.82) is 0 Å². The third-order valence-electron chi connectivity index (χ3n) is 4.24. The Kier molecular flexibility index (Phi) is 4.58. The number of aryl methyl sites for hydroxylation is 2. The zero-order valence-corrected chi connectivity index (χ0v) is 14.2. The second-order valence-corrected chi connectivity index (χ2v) is 6.65. The molecule has 0 bridgehead atoms. The van der Waals surface area contributed by atoms with Gasteiger partial charge in [-0.1, -0.05) is 29.8 Å². The molecule has 1 heterocycles. The van der Waals surface area contributed by atoms with Crippen molar-refractivity contribution in [3.63, 3.8) is 0 Å². The lowest BCUT2D eigenvalue weighted by molar-refractivity contribution is 0.207. The highest BCUT2D eigenvalue weighted by Gasteiger charge is 2.29. The molecule has 0 aliphatic carbocycles. The molecule has 1 N–H and O–H groups in total. The molecule has 1 atom stereocenters. The van der Waals surface area contributed by atoms with Crippen molar-refractivity contribution < 1.29 is 4.79 Å². The van der Waals surface area contributed by atoms with Gasteiger partial charge >= 0.3 is 6.03 Å². The molecule has 120 valence electrons. The van der Waals surface area contributed by atoms with Gasteiger partial charge in [-0.15, -0.1) is 0 Å². The molecule has 2 aromatic rings. The first kappa shape index (κ1) is 15.9. The zero-order chi connectivity index (χ0) is 16.4. The van der Waals surface area contributed by atoms with Crippen molar-refractivity contribution in [3.8, 4) is 0 Å². The van der Waals surface area contributed by atoms with Crippen LogP contribution in [0.5, 0.6) is 0 Å². The standard InChI is InChI=1S/C19H21ClN2O/c1-13-10-14(2)12-17(11-13)21-19(23)22-9-3-4-18(22)15-5-7-16(20)8-6-15/h5-8,10-12,18H,3-4,9H2,1-2H3,(H,21,23). The molecule has 23 heavy (non-hydrogen) atoms. The van der Waals surface area contributed by atoms with Gasteiger partial charge in [-0.2, -0.15) is 0 Å². The Bertz CT molecular complexity index is 692. The highest BCUT2D eigenvalue weighted by Crippen LogP contribution is 2.33. The first-order valence-corrected chi connectivity index (χ1v) is 8.32. The zero-order valence-electron chi connectivity index (χ0n) is 13.5. The maximum atomic E-state index is 12.7. The smallest absolute Gasteiger partial charge is 0.317 e. The van der Waals surface area contributed by atoms with Gasteiger partial charge in [0.25, 0.3) is 0 Å². The van der Waals surface area contributed by atoms with Gasteiger partial charge < -0.3 is 10.2 Å². The van der Waals surface area contributed by atoms with E-state index in [0.717, 1.165) is 46.8 Å². The van der Waals surface area contributed by atoms with Crippen LogP contribution >= 0.6 is 11.6 Å². The van der Waals surface area contributed by atoms with E-state index in [1.54, 1.807) is 0 Å². The van der Waals surface area contributed by atoms with E-state index >= 15 is 0 Å². The van der Waals surface area contributed by atoms with Gasteiger partial charge in [0.2, 0.25) is 0 Å². The van der Waals surface area contributed by atoms with Crippen LogP contribution in [0.1, 0.15) is 35.6 Å². The van der Waals surface area contributed by atoms with Gasteiger partial charge in [-0.3, -0.25) is 0 Å². The Hall–Kier alpha value is -2.00. The summed E-state index contributed by atoms with van der Waals surface area (Å²) in [6.45, 7) is 4.86. The Labute approximate surface area is 142 Å². The number of likely N-dealkylation sites (tertiary alicyclic amines) is 1. The van der Waals surface area contributed by atoms with E-state index < -0.39 is 0 Å². The molecule has 1 fully saturated rings. The van der Waals surface area contributed by atoms with Crippen molar-refractivity contribution in [2.24, 2.45) is 0 Å². The van der Waals surface area contributed by atoms with Crippen LogP contribution in [0.4, 0.5) is 10.5 Å². The number of anilines is 1. The predicted molar refractivity (Wildman–Crippen MR) is 95.1 cm³/mol. The number of nitrogens with zero attached hydrogens (tertiary/aromatic N) is 1. The van der Waals surface area contributed by atoms with Crippen LogP contribution in [0.25, 0.3) is 0 Å². The Morgan fingerprint density at radius 3 is 2.43 bits per heavy atom. The second-order valence-electron chi connectivity index (χ2n) is 6.21. The largest absolute Gasteiger partial charge is 0.322 e. The summed E-state index contributed by atoms with van der Waals surface area (Å²) in [5.41, 5.74) is 4.30. The quantitative estimate of drug-likeness (QED) is 0.794. The van der Waals surface area contributed by atoms with Crippen LogP contribution in [-0.2, 0) is 0 Å². The summed E-state index contributed by atoms with van der Waals surface area (Å²) in [7, 11) is 0. The number of carbonyl (C=O) groups excluding carboxylic acids is 1. The number of hydrogen-bond donors (Lipinski definition) is 1. The molecule has 0 spiro atoms. The lowest BCUT2D eigenvalue weighted by Crippen LogP contribution is -2.34. The Balaban J connectivity index is 1.76. The highest BCUT2D eigenvalue weighted by molar-refractivity contribution is 6.30. The second kappa shape index (κ2) is 6.63. The summed E-state index contributed by atoms with van der Waals surface area (Å²) in [6, 6.07) is 14.0. The first-order chi connectivity index (χ1) is 11.0. The first-order valence-electron chi connectivity index (χ1n) is 7.94. The SMILES string of the molecule is Cc1cc(C)cc(NC(=O)N2CCCC2c2ccc(Cl)cc2)c1. The maximum Gasteiger partial charge on any atom is 0.322 e. The number of carbonyl (C=O) groups is 1. The lowest BCUT2D eigenvalue weighted by atomic mass is 10.1. The third-order valence-corrected chi connectivity index (χ3v) is 4.49. The van der Waals surface area contributed by atoms with Crippen molar-refractivity contribution in [1.82, 2.24) is 4.90 Å². The summed E-state index contributed by atoms with van der Waals surface area (Å²) in [5, 5.41) is 3.76. The molecule has 2 aromatic carbocycles. The highest BCUT2D eigenvalue weighted by atomic mass is 35.5. The van der Waals surface area contributed by atoms with Crippen molar-refractivity contribution in [2.75, 3.05) is 11.9 Å². The van der Waals surface area contributed by atoms with Gasteiger partial charge in [-0.25, -0.2) is 4.79 Å². The van der Waals surface area contributed by atoms with E-state index in [-0.39, 0.29) is 12.1 Å². The average Bonchev–Trinajstić information content (AvgIpc) is 2.96. The number of nitrogens with one attached hydrogen (secondary N) is 1. The lowest BCUT2D eigenvalue weighted by Gasteiger charge is -2.25. The molecule has 1 saturated heterocycles. The molecule has 1 aliphatic heterocycles. The van der Waals surface area contributed by atoms with Gasteiger partial charge in [-0.05, 0) is 67.6 Å². The minimum atomic E-state index is -0.0348. The van der Waals surface area contributed by atoms with E-state index in [2.05, 4.69) is 11.4 Å². The monoisotopic (exact) mass is 328 g/mol. The number of benzene rings is 2. The molecule has 0 aromatic heterocycles. The maximum absolute atomic E-state index is 12.7. The van der Waals surface area contributed by atoms with Crippen molar-refractivity contribution in [3.05, 3.63) is 64.2 Å². The molecule has 1 aliphatic rings. The fourth-order valence-corrected chi connectivity index (χ4v) is 3.41. The minimum absolute atomic E-state index is 0.0348. The fourth-order valence-electron chi connectivity index (χ4n) is 3.28. The molecular formula is C19H21ClN2O. The number of amides is 2. The van der Waals surface area contributed by atoms with Gasteiger partial charge in [0.1, 0.15) is 0 Å². The van der Waals surface area contributed by atoms with Crippen LogP contribution in [-0.4, -0.2) is 17.5 Å². The Morgan fingerprint density at radius 1 is 1.13 bits per heavy atom. The van der Waals surface area contributed by atoms with E-state index in [1.807, 2.05) is 55.1 Å². The van der Waals surface area contributed by atoms with Gasteiger partial charge in [0.15, 0.2) is 0 Å². The normalized spacial score (nSPS) is 17.3. The van der Waals surface area contributed by atoms with Gasteiger partial charge in [0.05, 0.1) is 6.04 Å². The van der Waals surface area contributed by atoms with Crippen LogP contribution in [0.3, 0.4) is 0 Å². The van der Waals surface area contributed by atoms with Crippen LogP contribution in [0.15, 0.2) is 42.5 Å². The summed E-state index contributed by atoms with van der Waals surface area (Å²) in [5.74, 6) is 0. The van der Waals surface area contributed by atoms with Crippen molar-refractivity contribution >= 4 is 23.3 Å². The summed E-state index contributed by atoms with van der Waals surface area (Å²) in [4.78, 5) is 14.6. The molecule has 3 rings (SSSR count). The molecule has 3 nitrogen and oxygen atoms in total. The van der Waals surface area contributed by atoms with E-state index in [4.69, 9.17) is 11.6 Å². The predicted octanol–water partition coefficient (Wildman–Crippen LogP) is 5.33. The number of hydrogen-bond acceptors (Lipinski definition) is 1. The average molecular weight is 329 g/mol. The topological polar surface area (TPSA) is 32.3 Å². The number of halogens is 1. The van der Waals surface area contributed by atoms with E-state index in [0.29, 0.717) is 0 Å². The van der Waals surface area contributed by atoms with Crippen molar-refractivity contribution in [2.45, 2.75) is 32.7 Å². The summed E-state index contributed by atoms with van der Waals surface area (Å²) < 4.78 is 0. The van der Waals surface area contributed by atoms with Crippen LogP contribution in [0, 0.1) is 13.8 Å². The van der Waals surface area contributed by atoms with Crippen LogP contribution in [0.2, 0.25) is 5.02 Å². The molecule has 2 amide bonds. The summed E-state index contributed by atoms with van der Waals surface area (Å²) >= 11 is 5.96. The fraction of sp³-hybridized carbons (Fsp3) is 0.316. The van der Waals surface area contributed by atoms with Crippen LogP contribution < -0.4 is 5.32 Å². The van der Waals surface area contributed by atoms with E-state index in [9.17, 15) is 4.79 Å². The molecule has 4 heteroatoms. The number of urea groups is 1.